The zero-order chi connectivity index (χ0) is 29.2. The van der Waals surface area contributed by atoms with Crippen molar-refractivity contribution in [3.63, 3.8) is 0 Å². The van der Waals surface area contributed by atoms with Gasteiger partial charge in [0.05, 0.1) is 4.90 Å². The van der Waals surface area contributed by atoms with E-state index in [1.807, 2.05) is 74.3 Å². The van der Waals surface area contributed by atoms with Crippen LogP contribution in [-0.4, -0.2) is 45.9 Å². The lowest BCUT2D eigenvalue weighted by molar-refractivity contribution is 0.0953. The number of aryl methyl sites for hydroxylation is 1. The predicted molar refractivity (Wildman–Crippen MR) is 162 cm³/mol. The van der Waals surface area contributed by atoms with E-state index < -0.39 is 20.4 Å². The van der Waals surface area contributed by atoms with Gasteiger partial charge in [-0.2, -0.15) is 0 Å². The molecular weight excluding hydrogens is 520 g/mol. The fourth-order valence-corrected chi connectivity index (χ4v) is 5.83. The molecule has 40 heavy (non-hydrogen) atoms. The smallest absolute Gasteiger partial charge is 0.193 e. The van der Waals surface area contributed by atoms with Crippen LogP contribution in [0.3, 0.4) is 0 Å². The minimum absolute atomic E-state index is 0.0504. The Morgan fingerprint density at radius 3 is 1.43 bits per heavy atom. The first-order valence-electron chi connectivity index (χ1n) is 12.9. The standard InChI is InChI=1S/C33H34N2O4S/c1-23-7-21-30(22-8-23)40(38,39)33(2,3)32(37)26-13-19-29(20-14-26)35(6)28-17-11-25(12-18-28)31(36)24-9-15-27(16-10-24)34(4)5/h7-22H,1-6H3. The normalized spacial score (nSPS) is 11.7. The number of carbonyl (C=O) groups is 2. The van der Waals surface area contributed by atoms with E-state index in [1.165, 1.54) is 26.0 Å². The molecule has 0 saturated carbocycles. The highest BCUT2D eigenvalue weighted by atomic mass is 32.2. The molecule has 0 aliphatic carbocycles. The highest BCUT2D eigenvalue weighted by Crippen LogP contribution is 2.31. The summed E-state index contributed by atoms with van der Waals surface area (Å²) in [5, 5.41) is 0. The number of nitrogens with zero attached hydrogens (tertiary/aromatic N) is 2. The molecule has 0 bridgehead atoms. The molecular formula is C33H34N2O4S. The van der Waals surface area contributed by atoms with Crippen LogP contribution in [0.25, 0.3) is 0 Å². The first-order chi connectivity index (χ1) is 18.8. The maximum Gasteiger partial charge on any atom is 0.193 e. The molecule has 0 radical (unpaired) electrons. The first-order valence-corrected chi connectivity index (χ1v) is 14.4. The van der Waals surface area contributed by atoms with Gasteiger partial charge in [-0.1, -0.05) is 17.7 Å². The van der Waals surface area contributed by atoms with Crippen molar-refractivity contribution in [1.82, 2.24) is 0 Å². The summed E-state index contributed by atoms with van der Waals surface area (Å²) < 4.78 is 25.0. The summed E-state index contributed by atoms with van der Waals surface area (Å²) in [6, 6.07) is 28.2. The molecule has 0 N–H and O–H groups in total. The Bertz CT molecular complexity index is 1620. The van der Waals surface area contributed by atoms with Gasteiger partial charge in [0.25, 0.3) is 0 Å². The van der Waals surface area contributed by atoms with Crippen molar-refractivity contribution in [3.05, 3.63) is 119 Å². The molecule has 4 aromatic carbocycles. The van der Waals surface area contributed by atoms with Gasteiger partial charge in [-0.05, 0) is 106 Å². The summed E-state index contributed by atoms with van der Waals surface area (Å²) >= 11 is 0. The lowest BCUT2D eigenvalue weighted by atomic mass is 10.00. The number of hydrogen-bond acceptors (Lipinski definition) is 6. The van der Waals surface area contributed by atoms with Gasteiger partial charge < -0.3 is 9.80 Å². The van der Waals surface area contributed by atoms with Crippen LogP contribution in [0.2, 0.25) is 0 Å². The second kappa shape index (κ2) is 11.1. The van der Waals surface area contributed by atoms with Gasteiger partial charge in [-0.15, -0.1) is 0 Å². The molecule has 0 heterocycles. The molecule has 0 amide bonds. The van der Waals surface area contributed by atoms with Crippen molar-refractivity contribution >= 4 is 38.5 Å². The number of Topliss-reactive ketones (excluding diaryl/α,β-unsaturated/α-hetero) is 1. The zero-order valence-electron chi connectivity index (χ0n) is 23.7. The summed E-state index contributed by atoms with van der Waals surface area (Å²) in [5.41, 5.74) is 5.18. The molecule has 0 unspecified atom stereocenters. The molecule has 206 valence electrons. The molecule has 0 aliphatic heterocycles. The van der Waals surface area contributed by atoms with Crippen LogP contribution < -0.4 is 9.80 Å². The van der Waals surface area contributed by atoms with E-state index in [2.05, 4.69) is 0 Å². The summed E-state index contributed by atoms with van der Waals surface area (Å²) in [6.07, 6.45) is 0. The Morgan fingerprint density at radius 2 is 1.00 bits per heavy atom. The first kappa shape index (κ1) is 28.8. The molecule has 0 atom stereocenters. The third-order valence-electron chi connectivity index (χ3n) is 7.23. The SMILES string of the molecule is Cc1ccc(S(=O)(=O)C(C)(C)C(=O)c2ccc(N(C)c3ccc(C(=O)c4ccc(N(C)C)cc4)cc3)cc2)cc1. The Hall–Kier alpha value is -4.23. The van der Waals surface area contributed by atoms with E-state index in [4.69, 9.17) is 0 Å². The van der Waals surface area contributed by atoms with Crippen molar-refractivity contribution in [3.8, 4) is 0 Å². The molecule has 0 aliphatic rings. The highest BCUT2D eigenvalue weighted by Gasteiger charge is 2.43. The molecule has 0 fully saturated rings. The lowest BCUT2D eigenvalue weighted by Gasteiger charge is -2.24. The number of ketones is 2. The topological polar surface area (TPSA) is 74.8 Å². The van der Waals surface area contributed by atoms with Gasteiger partial charge in [-0.3, -0.25) is 9.59 Å². The lowest BCUT2D eigenvalue weighted by Crippen LogP contribution is -2.40. The van der Waals surface area contributed by atoms with Gasteiger partial charge in [0.15, 0.2) is 21.4 Å². The van der Waals surface area contributed by atoms with Crippen molar-refractivity contribution < 1.29 is 18.0 Å². The molecule has 0 saturated heterocycles. The van der Waals surface area contributed by atoms with Gasteiger partial charge >= 0.3 is 0 Å². The Balaban J connectivity index is 1.49. The summed E-state index contributed by atoms with van der Waals surface area (Å²) in [6.45, 7) is 4.78. The number of sulfone groups is 1. The van der Waals surface area contributed by atoms with E-state index in [0.717, 1.165) is 22.6 Å². The van der Waals surface area contributed by atoms with E-state index in [-0.39, 0.29) is 10.7 Å². The Morgan fingerprint density at radius 1 is 0.600 bits per heavy atom. The van der Waals surface area contributed by atoms with Gasteiger partial charge in [0, 0.05) is 54.9 Å². The third-order valence-corrected chi connectivity index (χ3v) is 9.65. The third kappa shape index (κ3) is 5.56. The van der Waals surface area contributed by atoms with Crippen molar-refractivity contribution in [1.29, 1.82) is 0 Å². The molecule has 6 nitrogen and oxygen atoms in total. The number of anilines is 3. The quantitative estimate of drug-likeness (QED) is 0.220. The molecule has 0 spiro atoms. The van der Waals surface area contributed by atoms with Crippen LogP contribution >= 0.6 is 0 Å². The van der Waals surface area contributed by atoms with Crippen molar-refractivity contribution in [2.45, 2.75) is 30.4 Å². The second-order valence-corrected chi connectivity index (χ2v) is 13.1. The van der Waals surface area contributed by atoms with E-state index >= 15 is 0 Å². The Labute approximate surface area is 236 Å². The second-order valence-electron chi connectivity index (χ2n) is 10.6. The number of benzene rings is 4. The Kier molecular flexibility index (Phi) is 7.98. The maximum absolute atomic E-state index is 13.3. The monoisotopic (exact) mass is 554 g/mol. The van der Waals surface area contributed by atoms with Crippen LogP contribution in [0.4, 0.5) is 17.1 Å². The van der Waals surface area contributed by atoms with E-state index in [1.54, 1.807) is 48.5 Å². The van der Waals surface area contributed by atoms with Crippen LogP contribution in [-0.2, 0) is 9.84 Å². The van der Waals surface area contributed by atoms with Gasteiger partial charge in [0.2, 0.25) is 0 Å². The fraction of sp³-hybridized carbons (Fsp3) is 0.212. The highest BCUT2D eigenvalue weighted by molar-refractivity contribution is 7.93. The number of hydrogen-bond donors (Lipinski definition) is 0. The van der Waals surface area contributed by atoms with Crippen LogP contribution in [0, 0.1) is 6.92 Å². The van der Waals surface area contributed by atoms with Crippen LogP contribution in [0.15, 0.2) is 102 Å². The largest absolute Gasteiger partial charge is 0.378 e. The summed E-state index contributed by atoms with van der Waals surface area (Å²) in [5.74, 6) is -0.519. The fourth-order valence-electron chi connectivity index (χ4n) is 4.38. The van der Waals surface area contributed by atoms with Gasteiger partial charge in [-0.25, -0.2) is 8.42 Å². The van der Waals surface area contributed by atoms with Crippen molar-refractivity contribution in [2.24, 2.45) is 0 Å². The predicted octanol–water partition coefficient (Wildman–Crippen LogP) is 6.50. The molecule has 7 heteroatoms. The van der Waals surface area contributed by atoms with Crippen LogP contribution in [0.5, 0.6) is 0 Å². The van der Waals surface area contributed by atoms with Crippen LogP contribution in [0.1, 0.15) is 45.7 Å². The van der Waals surface area contributed by atoms with Crippen molar-refractivity contribution in [2.75, 3.05) is 30.9 Å². The van der Waals surface area contributed by atoms with E-state index in [0.29, 0.717) is 16.7 Å². The molecule has 4 aromatic rings. The van der Waals surface area contributed by atoms with Gasteiger partial charge in [0.1, 0.15) is 4.75 Å². The summed E-state index contributed by atoms with van der Waals surface area (Å²) in [4.78, 5) is 30.3. The summed E-state index contributed by atoms with van der Waals surface area (Å²) in [7, 11) is 1.90. The average molecular weight is 555 g/mol. The molecule has 4 rings (SSSR count). The minimum Gasteiger partial charge on any atom is -0.378 e. The van der Waals surface area contributed by atoms with E-state index in [9.17, 15) is 18.0 Å². The molecule has 0 aromatic heterocycles. The minimum atomic E-state index is -3.90. The maximum atomic E-state index is 13.3. The number of carbonyl (C=O) groups excluding carboxylic acids is 2. The number of rotatable bonds is 9. The average Bonchev–Trinajstić information content (AvgIpc) is 2.96. The zero-order valence-corrected chi connectivity index (χ0v) is 24.5.